The van der Waals surface area contributed by atoms with E-state index in [4.69, 9.17) is 9.47 Å². The van der Waals surface area contributed by atoms with Gasteiger partial charge >= 0.3 is 0 Å². The minimum atomic E-state index is -0.989. The highest BCUT2D eigenvalue weighted by Gasteiger charge is 2.09. The Bertz CT molecular complexity index is 83.4. The number of hydrogen-bond acceptors (Lipinski definition) is 2. The van der Waals surface area contributed by atoms with Gasteiger partial charge < -0.3 is 9.47 Å². The topological polar surface area (TPSA) is 38.4 Å². The summed E-state index contributed by atoms with van der Waals surface area (Å²) in [6, 6.07) is 0. The molecule has 0 aliphatic rings. The van der Waals surface area contributed by atoms with Gasteiger partial charge in [-0.15, -0.1) is 0 Å². The van der Waals surface area contributed by atoms with Crippen molar-refractivity contribution < 1.29 is 14.6 Å². The maximum atomic E-state index is 10.6. The Morgan fingerprint density at radius 3 is 2.36 bits per heavy atom. The van der Waals surface area contributed by atoms with E-state index >= 15 is 0 Å². The first kappa shape index (κ1) is 10.9. The van der Waals surface area contributed by atoms with Crippen LogP contribution >= 0.6 is 0 Å². The van der Waals surface area contributed by atoms with Crippen LogP contribution in [0.25, 0.3) is 0 Å². The molecule has 0 aliphatic carbocycles. The molecule has 1 radical (unpaired) electrons. The van der Waals surface area contributed by atoms with Crippen molar-refractivity contribution >= 4 is 0 Å². The van der Waals surface area contributed by atoms with Crippen LogP contribution in [0, 0.1) is 0 Å². The highest BCUT2D eigenvalue weighted by atomic mass is 16.7. The molecule has 0 saturated heterocycles. The summed E-state index contributed by atoms with van der Waals surface area (Å²) < 4.78 is 10.2. The summed E-state index contributed by atoms with van der Waals surface area (Å²) in [5.41, 5.74) is 0. The van der Waals surface area contributed by atoms with E-state index in [1.807, 2.05) is 13.8 Å². The molecule has 0 aliphatic heterocycles. The van der Waals surface area contributed by atoms with Crippen LogP contribution in [0.3, 0.4) is 0 Å². The highest BCUT2D eigenvalue weighted by molar-refractivity contribution is 4.40. The third-order valence-corrected chi connectivity index (χ3v) is 1.18. The van der Waals surface area contributed by atoms with Crippen LogP contribution in [0.4, 0.5) is 0 Å². The highest BCUT2D eigenvalue weighted by Crippen LogP contribution is 2.03. The van der Waals surface area contributed by atoms with Crippen LogP contribution in [-0.4, -0.2) is 19.2 Å². The molecule has 2 unspecified atom stereocenters. The van der Waals surface area contributed by atoms with E-state index < -0.39 is 6.29 Å². The third kappa shape index (κ3) is 6.28. The molecule has 0 fully saturated rings. The molecule has 0 saturated carbocycles. The fourth-order valence-corrected chi connectivity index (χ4v) is 0.716. The van der Waals surface area contributed by atoms with Gasteiger partial charge in [0.1, 0.15) is 0 Å². The minimum absolute atomic E-state index is 0.317. The average molecular weight is 161 g/mol. The van der Waals surface area contributed by atoms with Crippen LogP contribution in [0.2, 0.25) is 0 Å². The first-order chi connectivity index (χ1) is 5.20. The summed E-state index contributed by atoms with van der Waals surface area (Å²) in [6.45, 7) is 6.08. The van der Waals surface area contributed by atoms with Gasteiger partial charge in [0.05, 0.1) is 0 Å². The Kier molecular flexibility index (Phi) is 6.51. The van der Waals surface area contributed by atoms with Crippen LogP contribution in [0.15, 0.2) is 0 Å². The van der Waals surface area contributed by atoms with Crippen molar-refractivity contribution in [3.63, 3.8) is 0 Å². The van der Waals surface area contributed by atoms with Crippen molar-refractivity contribution in [2.45, 2.75) is 46.2 Å². The molecule has 0 N–H and O–H groups in total. The molecule has 0 aromatic rings. The van der Waals surface area contributed by atoms with Gasteiger partial charge in [-0.25, -0.2) is 5.11 Å². The van der Waals surface area contributed by atoms with E-state index in [-0.39, 0.29) is 6.29 Å². The van der Waals surface area contributed by atoms with Crippen LogP contribution in [-0.2, 0) is 14.6 Å². The van der Waals surface area contributed by atoms with Crippen molar-refractivity contribution in [3.05, 3.63) is 0 Å². The summed E-state index contributed by atoms with van der Waals surface area (Å²) >= 11 is 0. The fourth-order valence-electron chi connectivity index (χ4n) is 0.716. The SMILES string of the molecule is CCCOC(CC)OC(C)[O]. The van der Waals surface area contributed by atoms with E-state index in [0.29, 0.717) is 6.61 Å². The fraction of sp³-hybridized carbons (Fsp3) is 1.00. The maximum absolute atomic E-state index is 10.6. The third-order valence-electron chi connectivity index (χ3n) is 1.18. The maximum Gasteiger partial charge on any atom is 0.191 e. The Balaban J connectivity index is 3.41. The molecular weight excluding hydrogens is 144 g/mol. The van der Waals surface area contributed by atoms with Gasteiger partial charge in [0, 0.05) is 6.61 Å². The van der Waals surface area contributed by atoms with Crippen molar-refractivity contribution in [1.82, 2.24) is 0 Å². The quantitative estimate of drug-likeness (QED) is 0.558. The van der Waals surface area contributed by atoms with Crippen molar-refractivity contribution in [1.29, 1.82) is 0 Å². The van der Waals surface area contributed by atoms with Crippen LogP contribution in [0.1, 0.15) is 33.6 Å². The monoisotopic (exact) mass is 161 g/mol. The van der Waals surface area contributed by atoms with Gasteiger partial charge in [-0.05, 0) is 19.8 Å². The van der Waals surface area contributed by atoms with Crippen molar-refractivity contribution in [2.24, 2.45) is 0 Å². The van der Waals surface area contributed by atoms with Crippen LogP contribution < -0.4 is 0 Å². The number of hydrogen-bond donors (Lipinski definition) is 0. The number of ether oxygens (including phenoxy) is 2. The average Bonchev–Trinajstić information content (AvgIpc) is 1.97. The van der Waals surface area contributed by atoms with Crippen LogP contribution in [0.5, 0.6) is 0 Å². The zero-order valence-electron chi connectivity index (χ0n) is 7.50. The summed E-state index contributed by atoms with van der Waals surface area (Å²) in [7, 11) is 0. The molecule has 67 valence electrons. The van der Waals surface area contributed by atoms with E-state index in [0.717, 1.165) is 12.8 Å². The smallest absolute Gasteiger partial charge is 0.191 e. The summed E-state index contributed by atoms with van der Waals surface area (Å²) in [5.74, 6) is 0. The first-order valence-electron chi connectivity index (χ1n) is 4.13. The molecule has 0 rings (SSSR count). The Labute approximate surface area is 68.3 Å². The van der Waals surface area contributed by atoms with E-state index in [1.165, 1.54) is 6.92 Å². The van der Waals surface area contributed by atoms with Gasteiger partial charge in [-0.1, -0.05) is 13.8 Å². The predicted molar refractivity (Wildman–Crippen MR) is 41.6 cm³/mol. The number of rotatable bonds is 6. The van der Waals surface area contributed by atoms with Gasteiger partial charge in [0.2, 0.25) is 0 Å². The first-order valence-corrected chi connectivity index (χ1v) is 4.13. The Morgan fingerprint density at radius 1 is 1.36 bits per heavy atom. The molecule has 0 spiro atoms. The van der Waals surface area contributed by atoms with E-state index in [1.54, 1.807) is 0 Å². The standard InChI is InChI=1S/C8H17O3/c1-4-6-10-8(5-2)11-7(3)9/h7-8H,4-6H2,1-3H3. The van der Waals surface area contributed by atoms with Crippen molar-refractivity contribution in [2.75, 3.05) is 6.61 Å². The normalized spacial score (nSPS) is 16.4. The molecule has 3 heteroatoms. The van der Waals surface area contributed by atoms with E-state index in [9.17, 15) is 5.11 Å². The lowest BCUT2D eigenvalue weighted by molar-refractivity contribution is -0.240. The Morgan fingerprint density at radius 2 is 2.00 bits per heavy atom. The molecule has 0 heterocycles. The lowest BCUT2D eigenvalue weighted by Crippen LogP contribution is -2.21. The molecule has 0 aromatic heterocycles. The Hall–Kier alpha value is -0.120. The summed E-state index contributed by atoms with van der Waals surface area (Å²) in [4.78, 5) is 0. The molecule has 11 heavy (non-hydrogen) atoms. The molecular formula is C8H17O3. The van der Waals surface area contributed by atoms with E-state index in [2.05, 4.69) is 0 Å². The van der Waals surface area contributed by atoms with Gasteiger partial charge in [0.25, 0.3) is 0 Å². The zero-order chi connectivity index (χ0) is 8.69. The van der Waals surface area contributed by atoms with Gasteiger partial charge in [-0.3, -0.25) is 0 Å². The predicted octanol–water partition coefficient (Wildman–Crippen LogP) is 1.94. The van der Waals surface area contributed by atoms with Crippen molar-refractivity contribution in [3.8, 4) is 0 Å². The molecule has 0 amide bonds. The lowest BCUT2D eigenvalue weighted by Gasteiger charge is -2.16. The summed E-state index contributed by atoms with van der Waals surface area (Å²) in [6.07, 6.45) is 0.374. The zero-order valence-corrected chi connectivity index (χ0v) is 7.50. The molecule has 3 nitrogen and oxygen atoms in total. The minimum Gasteiger partial charge on any atom is -0.353 e. The van der Waals surface area contributed by atoms with Gasteiger partial charge in [0.15, 0.2) is 12.6 Å². The largest absolute Gasteiger partial charge is 0.353 e. The van der Waals surface area contributed by atoms with Gasteiger partial charge in [-0.2, -0.15) is 0 Å². The lowest BCUT2D eigenvalue weighted by atomic mass is 10.4. The summed E-state index contributed by atoms with van der Waals surface area (Å²) in [5, 5.41) is 10.6. The molecule has 2 atom stereocenters. The second kappa shape index (κ2) is 6.58. The molecule has 0 bridgehead atoms. The second-order valence-corrected chi connectivity index (χ2v) is 2.41. The molecule has 0 aromatic carbocycles. The second-order valence-electron chi connectivity index (χ2n) is 2.41.